The van der Waals surface area contributed by atoms with Gasteiger partial charge in [0.1, 0.15) is 0 Å². The Morgan fingerprint density at radius 1 is 1.05 bits per heavy atom. The number of hydrogen-bond acceptors (Lipinski definition) is 2. The van der Waals surface area contributed by atoms with Crippen molar-refractivity contribution in [1.82, 2.24) is 4.98 Å². The molecule has 0 fully saturated rings. The summed E-state index contributed by atoms with van der Waals surface area (Å²) in [5.74, 6) is 0. The predicted octanol–water partition coefficient (Wildman–Crippen LogP) is 3.82. The number of nitrogens with one attached hydrogen (secondary N) is 1. The van der Waals surface area contributed by atoms with Gasteiger partial charge in [0.25, 0.3) is 0 Å². The van der Waals surface area contributed by atoms with Crippen LogP contribution in [-0.4, -0.2) is 15.4 Å². The van der Waals surface area contributed by atoms with Gasteiger partial charge >= 0.3 is 0 Å². The molecular weight excluding hydrogens is 268 g/mol. The van der Waals surface area contributed by atoms with E-state index in [0.29, 0.717) is 6.54 Å². The van der Waals surface area contributed by atoms with Gasteiger partial charge in [0.05, 0.1) is 16.3 Å². The van der Waals surface area contributed by atoms with Gasteiger partial charge in [-0.3, -0.25) is 0 Å². The highest BCUT2D eigenvalue weighted by Crippen LogP contribution is 2.17. The number of para-hydroxylation sites is 1. The third-order valence-electron chi connectivity index (χ3n) is 3.25. The van der Waals surface area contributed by atoms with Crippen molar-refractivity contribution in [2.24, 2.45) is 4.36 Å². The number of nitrogens with zero attached hydrogens (tertiary/aromatic N) is 1. The van der Waals surface area contributed by atoms with Crippen LogP contribution in [0.2, 0.25) is 0 Å². The fraction of sp³-hybridized carbons (Fsp3) is 0.125. The monoisotopic (exact) mass is 284 g/mol. The first-order chi connectivity index (χ1) is 9.65. The molecule has 2 aromatic carbocycles. The molecule has 20 heavy (non-hydrogen) atoms. The molecule has 1 aromatic heterocycles. The number of rotatable bonds is 3. The topological polar surface area (TPSA) is 45.2 Å². The molecule has 0 radical (unpaired) electrons. The zero-order chi connectivity index (χ0) is 14.0. The first kappa shape index (κ1) is 12.9. The number of hydrogen-bond donors (Lipinski definition) is 1. The fourth-order valence-electron chi connectivity index (χ4n) is 2.16. The second-order valence-electron chi connectivity index (χ2n) is 4.78. The van der Waals surface area contributed by atoms with Crippen LogP contribution in [0.25, 0.3) is 10.9 Å². The Hall–Kier alpha value is -2.07. The van der Waals surface area contributed by atoms with E-state index in [4.69, 9.17) is 0 Å². The molecule has 0 spiro atoms. The highest BCUT2D eigenvalue weighted by atomic mass is 32.2. The van der Waals surface area contributed by atoms with Crippen molar-refractivity contribution in [3.05, 3.63) is 66.4 Å². The minimum Gasteiger partial charge on any atom is -0.357 e. The van der Waals surface area contributed by atoms with Crippen molar-refractivity contribution in [2.75, 3.05) is 6.26 Å². The molecule has 3 aromatic rings. The Morgan fingerprint density at radius 3 is 2.50 bits per heavy atom. The molecule has 3 rings (SSSR count). The summed E-state index contributed by atoms with van der Waals surface area (Å²) < 4.78 is 17.0. The molecule has 102 valence electrons. The Morgan fingerprint density at radius 2 is 1.75 bits per heavy atom. The quantitative estimate of drug-likeness (QED) is 0.780. The summed E-state index contributed by atoms with van der Waals surface area (Å²) in [5.41, 5.74) is 2.07. The van der Waals surface area contributed by atoms with E-state index in [1.54, 1.807) is 6.26 Å². The normalized spacial score (nSPS) is 14.1. The van der Waals surface area contributed by atoms with Gasteiger partial charge in [-0.25, -0.2) is 8.57 Å². The molecule has 0 bridgehead atoms. The highest BCUT2D eigenvalue weighted by molar-refractivity contribution is 7.93. The third-order valence-corrected chi connectivity index (χ3v) is 5.02. The third kappa shape index (κ3) is 2.60. The van der Waals surface area contributed by atoms with Crippen LogP contribution in [0, 0.1) is 0 Å². The minimum absolute atomic E-state index is 0.429. The van der Waals surface area contributed by atoms with Crippen LogP contribution in [0.3, 0.4) is 0 Å². The van der Waals surface area contributed by atoms with Crippen LogP contribution in [0.1, 0.15) is 5.69 Å². The molecule has 3 nitrogen and oxygen atoms in total. The van der Waals surface area contributed by atoms with Gasteiger partial charge in [-0.15, -0.1) is 0 Å². The molecule has 1 unspecified atom stereocenters. The lowest BCUT2D eigenvalue weighted by molar-refractivity contribution is 0.678. The molecule has 0 amide bonds. The zero-order valence-corrected chi connectivity index (χ0v) is 12.1. The van der Waals surface area contributed by atoms with Crippen molar-refractivity contribution in [3.63, 3.8) is 0 Å². The molecular formula is C16H16N2OS. The van der Waals surface area contributed by atoms with Gasteiger partial charge in [-0.1, -0.05) is 36.4 Å². The van der Waals surface area contributed by atoms with E-state index in [0.717, 1.165) is 21.5 Å². The number of benzene rings is 2. The van der Waals surface area contributed by atoms with E-state index in [2.05, 4.69) is 21.5 Å². The van der Waals surface area contributed by atoms with Crippen molar-refractivity contribution < 1.29 is 4.21 Å². The zero-order valence-electron chi connectivity index (χ0n) is 11.2. The molecule has 1 atom stereocenters. The Kier molecular flexibility index (Phi) is 3.32. The summed E-state index contributed by atoms with van der Waals surface area (Å²) in [6.45, 7) is 0.429. The summed E-state index contributed by atoms with van der Waals surface area (Å²) in [6, 6.07) is 19.5. The van der Waals surface area contributed by atoms with Gasteiger partial charge in [0.15, 0.2) is 0 Å². The summed E-state index contributed by atoms with van der Waals surface area (Å²) in [7, 11) is -2.34. The van der Waals surface area contributed by atoms with Crippen LogP contribution in [0.15, 0.2) is 69.9 Å². The average molecular weight is 284 g/mol. The maximum atomic E-state index is 12.6. The van der Waals surface area contributed by atoms with E-state index >= 15 is 0 Å². The molecule has 0 aliphatic carbocycles. The Bertz CT molecular complexity index is 810. The van der Waals surface area contributed by atoms with Crippen LogP contribution >= 0.6 is 0 Å². The number of aromatic nitrogens is 1. The lowest BCUT2D eigenvalue weighted by atomic mass is 10.2. The number of aromatic amines is 1. The molecule has 0 saturated heterocycles. The first-order valence-corrected chi connectivity index (χ1v) is 8.37. The van der Waals surface area contributed by atoms with E-state index in [9.17, 15) is 4.21 Å². The van der Waals surface area contributed by atoms with Gasteiger partial charge in [0.2, 0.25) is 0 Å². The Labute approximate surface area is 118 Å². The summed E-state index contributed by atoms with van der Waals surface area (Å²) in [4.78, 5) is 4.07. The van der Waals surface area contributed by atoms with Crippen molar-refractivity contribution in [3.8, 4) is 0 Å². The van der Waals surface area contributed by atoms with Crippen molar-refractivity contribution in [1.29, 1.82) is 0 Å². The van der Waals surface area contributed by atoms with Crippen LogP contribution in [-0.2, 0) is 16.3 Å². The molecule has 0 saturated carbocycles. The summed E-state index contributed by atoms with van der Waals surface area (Å²) in [5, 5.41) is 1.15. The van der Waals surface area contributed by atoms with Gasteiger partial charge in [-0.2, -0.15) is 0 Å². The lowest BCUT2D eigenvalue weighted by Crippen LogP contribution is -1.98. The molecule has 0 aliphatic rings. The summed E-state index contributed by atoms with van der Waals surface area (Å²) in [6.07, 6.45) is 1.69. The highest BCUT2D eigenvalue weighted by Gasteiger charge is 2.05. The molecule has 4 heteroatoms. The van der Waals surface area contributed by atoms with E-state index in [-0.39, 0.29) is 0 Å². The Balaban J connectivity index is 1.91. The predicted molar refractivity (Wildman–Crippen MR) is 83.2 cm³/mol. The van der Waals surface area contributed by atoms with E-state index in [1.165, 1.54) is 0 Å². The fourth-order valence-corrected chi connectivity index (χ4v) is 3.36. The van der Waals surface area contributed by atoms with Crippen LogP contribution in [0.5, 0.6) is 0 Å². The standard InChI is InChI=1S/C16H16N2OS/c1-20(19,15-8-3-2-4-9-15)17-12-14-11-13-7-5-6-10-16(13)18-14/h2-11,18H,12H2,1H3. The number of fused-ring (bicyclic) bond motifs is 1. The SMILES string of the molecule is CS(=O)(=NCc1cc2ccccc2[nH]1)c1ccccc1. The lowest BCUT2D eigenvalue weighted by Gasteiger charge is -2.03. The summed E-state index contributed by atoms with van der Waals surface area (Å²) >= 11 is 0. The smallest absolute Gasteiger partial charge is 0.0887 e. The second kappa shape index (κ2) is 5.13. The first-order valence-electron chi connectivity index (χ1n) is 6.45. The van der Waals surface area contributed by atoms with E-state index in [1.807, 2.05) is 48.5 Å². The van der Waals surface area contributed by atoms with Gasteiger partial charge in [0, 0.05) is 22.4 Å². The van der Waals surface area contributed by atoms with E-state index < -0.39 is 9.73 Å². The number of H-pyrrole nitrogens is 1. The second-order valence-corrected chi connectivity index (χ2v) is 7.12. The van der Waals surface area contributed by atoms with Crippen molar-refractivity contribution in [2.45, 2.75) is 11.4 Å². The largest absolute Gasteiger partial charge is 0.357 e. The van der Waals surface area contributed by atoms with Gasteiger partial charge < -0.3 is 4.98 Å². The average Bonchev–Trinajstić information content (AvgIpc) is 2.89. The van der Waals surface area contributed by atoms with Crippen molar-refractivity contribution >= 4 is 20.6 Å². The molecule has 1 N–H and O–H groups in total. The van der Waals surface area contributed by atoms with Gasteiger partial charge in [-0.05, 0) is 29.7 Å². The molecule has 1 heterocycles. The maximum Gasteiger partial charge on any atom is 0.0887 e. The minimum atomic E-state index is -2.34. The van der Waals surface area contributed by atoms with Crippen LogP contribution in [0.4, 0.5) is 0 Å². The molecule has 0 aliphatic heterocycles. The maximum absolute atomic E-state index is 12.6. The van der Waals surface area contributed by atoms with Crippen LogP contribution < -0.4 is 0 Å².